The Morgan fingerprint density at radius 3 is 3.00 bits per heavy atom. The Labute approximate surface area is 84.4 Å². The highest BCUT2D eigenvalue weighted by Crippen LogP contribution is 2.18. The van der Waals surface area contributed by atoms with Gasteiger partial charge in [0.25, 0.3) is 0 Å². The molecule has 0 atom stereocenters. The summed E-state index contributed by atoms with van der Waals surface area (Å²) in [4.78, 5) is 0. The summed E-state index contributed by atoms with van der Waals surface area (Å²) in [5.74, 6) is 0.410. The molecule has 0 N–H and O–H groups in total. The van der Waals surface area contributed by atoms with E-state index in [2.05, 4.69) is 15.3 Å². The minimum absolute atomic E-state index is 0.281. The van der Waals surface area contributed by atoms with E-state index in [0.29, 0.717) is 11.5 Å². The maximum Gasteiger partial charge on any atom is 0.185 e. The molecule has 15 heavy (non-hydrogen) atoms. The first-order valence-corrected chi connectivity index (χ1v) is 4.52. The van der Waals surface area contributed by atoms with Crippen LogP contribution >= 0.6 is 0 Å². The third-order valence-electron chi connectivity index (χ3n) is 2.37. The van der Waals surface area contributed by atoms with Crippen LogP contribution in [0.15, 0.2) is 24.4 Å². The number of rotatable bonds is 0. The van der Waals surface area contributed by atoms with Crippen molar-refractivity contribution in [1.29, 1.82) is 0 Å². The molecule has 0 saturated heterocycles. The average Bonchev–Trinajstić information content (AvgIpc) is 2.61. The molecule has 0 amide bonds. The lowest BCUT2D eigenvalue weighted by molar-refractivity contribution is 0.629. The van der Waals surface area contributed by atoms with Crippen LogP contribution in [0.3, 0.4) is 0 Å². The van der Waals surface area contributed by atoms with Gasteiger partial charge in [0.05, 0.1) is 6.20 Å². The summed E-state index contributed by atoms with van der Waals surface area (Å²) < 4.78 is 14.7. The standard InChI is InChI=1S/C10H7FN4/c1-6-13-14-10-9-4-8(11)3-2-7(9)5-12-15(6)10/h2-5H,1H3. The molecule has 0 aliphatic rings. The fraction of sp³-hybridized carbons (Fsp3) is 0.100. The number of aromatic nitrogens is 4. The highest BCUT2D eigenvalue weighted by molar-refractivity contribution is 5.92. The Balaban J connectivity index is 2.57. The van der Waals surface area contributed by atoms with Crippen molar-refractivity contribution in [2.24, 2.45) is 0 Å². The SMILES string of the molecule is Cc1nnc2c3cc(F)ccc3cnn12. The minimum Gasteiger partial charge on any atom is -0.207 e. The molecule has 3 aromatic rings. The monoisotopic (exact) mass is 202 g/mol. The second kappa shape index (κ2) is 2.73. The van der Waals surface area contributed by atoms with Gasteiger partial charge in [-0.1, -0.05) is 0 Å². The van der Waals surface area contributed by atoms with Crippen molar-refractivity contribution >= 4 is 16.4 Å². The Morgan fingerprint density at radius 1 is 1.27 bits per heavy atom. The van der Waals surface area contributed by atoms with Gasteiger partial charge in [-0.15, -0.1) is 10.2 Å². The molecule has 0 bridgehead atoms. The van der Waals surface area contributed by atoms with Gasteiger partial charge in [-0.2, -0.15) is 9.61 Å². The van der Waals surface area contributed by atoms with E-state index < -0.39 is 0 Å². The molecule has 0 aliphatic carbocycles. The summed E-state index contributed by atoms with van der Waals surface area (Å²) in [6, 6.07) is 4.53. The zero-order valence-electron chi connectivity index (χ0n) is 7.98. The number of nitrogens with zero attached hydrogens (tertiary/aromatic N) is 4. The van der Waals surface area contributed by atoms with Crippen LogP contribution in [0.4, 0.5) is 4.39 Å². The lowest BCUT2D eigenvalue weighted by Crippen LogP contribution is -1.94. The van der Waals surface area contributed by atoms with Crippen LogP contribution in [0, 0.1) is 12.7 Å². The summed E-state index contributed by atoms with van der Waals surface area (Å²) in [6.45, 7) is 1.80. The van der Waals surface area contributed by atoms with Crippen molar-refractivity contribution in [3.8, 4) is 0 Å². The van der Waals surface area contributed by atoms with Crippen molar-refractivity contribution in [1.82, 2.24) is 19.8 Å². The van der Waals surface area contributed by atoms with Crippen LogP contribution in [0.1, 0.15) is 5.82 Å². The average molecular weight is 202 g/mol. The van der Waals surface area contributed by atoms with Crippen molar-refractivity contribution in [3.63, 3.8) is 0 Å². The van der Waals surface area contributed by atoms with Gasteiger partial charge in [-0.05, 0) is 25.1 Å². The smallest absolute Gasteiger partial charge is 0.185 e. The highest BCUT2D eigenvalue weighted by Gasteiger charge is 2.07. The molecule has 0 radical (unpaired) electrons. The predicted molar refractivity (Wildman–Crippen MR) is 53.0 cm³/mol. The van der Waals surface area contributed by atoms with Gasteiger partial charge in [-0.25, -0.2) is 4.39 Å². The Bertz CT molecular complexity index is 659. The van der Waals surface area contributed by atoms with E-state index >= 15 is 0 Å². The van der Waals surface area contributed by atoms with E-state index in [-0.39, 0.29) is 5.82 Å². The molecular weight excluding hydrogens is 195 g/mol. The zero-order valence-corrected chi connectivity index (χ0v) is 7.98. The summed E-state index contributed by atoms with van der Waals surface area (Å²) in [7, 11) is 0. The van der Waals surface area contributed by atoms with Crippen LogP contribution < -0.4 is 0 Å². The number of hydrogen-bond acceptors (Lipinski definition) is 3. The summed E-state index contributed by atoms with van der Waals surface area (Å²) >= 11 is 0. The molecule has 4 nitrogen and oxygen atoms in total. The zero-order chi connectivity index (χ0) is 10.4. The van der Waals surface area contributed by atoms with Crippen LogP contribution in [-0.2, 0) is 0 Å². The minimum atomic E-state index is -0.281. The second-order valence-corrected chi connectivity index (χ2v) is 3.36. The van der Waals surface area contributed by atoms with E-state index in [1.165, 1.54) is 12.1 Å². The van der Waals surface area contributed by atoms with Crippen molar-refractivity contribution in [2.45, 2.75) is 6.92 Å². The number of benzene rings is 1. The molecule has 0 unspecified atom stereocenters. The third kappa shape index (κ3) is 1.09. The number of aryl methyl sites for hydroxylation is 1. The van der Waals surface area contributed by atoms with Crippen LogP contribution in [0.5, 0.6) is 0 Å². The molecule has 5 heteroatoms. The fourth-order valence-electron chi connectivity index (χ4n) is 1.62. The number of hydrogen-bond donors (Lipinski definition) is 0. The summed E-state index contributed by atoms with van der Waals surface area (Å²) in [5.41, 5.74) is 0.588. The maximum atomic E-state index is 13.1. The molecule has 74 valence electrons. The Hall–Kier alpha value is -2.04. The van der Waals surface area contributed by atoms with E-state index in [0.717, 1.165) is 10.8 Å². The first kappa shape index (κ1) is 8.28. The molecule has 2 aromatic heterocycles. The van der Waals surface area contributed by atoms with Crippen molar-refractivity contribution < 1.29 is 4.39 Å². The normalized spacial score (nSPS) is 11.3. The largest absolute Gasteiger partial charge is 0.207 e. The van der Waals surface area contributed by atoms with E-state index in [9.17, 15) is 4.39 Å². The van der Waals surface area contributed by atoms with Gasteiger partial charge in [-0.3, -0.25) is 0 Å². The maximum absolute atomic E-state index is 13.1. The van der Waals surface area contributed by atoms with Crippen LogP contribution in [0.25, 0.3) is 16.4 Å². The molecule has 0 saturated carbocycles. The second-order valence-electron chi connectivity index (χ2n) is 3.36. The highest BCUT2D eigenvalue weighted by atomic mass is 19.1. The van der Waals surface area contributed by atoms with Crippen LogP contribution in [0.2, 0.25) is 0 Å². The van der Waals surface area contributed by atoms with Crippen LogP contribution in [-0.4, -0.2) is 19.8 Å². The van der Waals surface area contributed by atoms with Gasteiger partial charge in [0, 0.05) is 10.8 Å². The van der Waals surface area contributed by atoms with Crippen molar-refractivity contribution in [3.05, 3.63) is 36.0 Å². The molecule has 3 rings (SSSR count). The molecular formula is C10H7FN4. The summed E-state index contributed by atoms with van der Waals surface area (Å²) in [5, 5.41) is 13.6. The number of halogens is 1. The summed E-state index contributed by atoms with van der Waals surface area (Å²) in [6.07, 6.45) is 1.68. The van der Waals surface area contributed by atoms with Gasteiger partial charge in [0.1, 0.15) is 5.82 Å². The third-order valence-corrected chi connectivity index (χ3v) is 2.37. The molecule has 0 aliphatic heterocycles. The Morgan fingerprint density at radius 2 is 2.13 bits per heavy atom. The molecule has 2 heterocycles. The lowest BCUT2D eigenvalue weighted by atomic mass is 10.2. The predicted octanol–water partition coefficient (Wildman–Crippen LogP) is 1.73. The van der Waals surface area contributed by atoms with E-state index in [4.69, 9.17) is 0 Å². The first-order chi connectivity index (χ1) is 7.25. The van der Waals surface area contributed by atoms with Gasteiger partial charge in [0.2, 0.25) is 0 Å². The van der Waals surface area contributed by atoms with Crippen molar-refractivity contribution in [2.75, 3.05) is 0 Å². The van der Waals surface area contributed by atoms with E-state index in [1.807, 2.05) is 0 Å². The first-order valence-electron chi connectivity index (χ1n) is 4.52. The van der Waals surface area contributed by atoms with E-state index in [1.54, 1.807) is 23.7 Å². The molecule has 0 spiro atoms. The topological polar surface area (TPSA) is 43.1 Å². The molecule has 0 fully saturated rings. The van der Waals surface area contributed by atoms with Gasteiger partial charge < -0.3 is 0 Å². The molecule has 1 aromatic carbocycles. The Kier molecular flexibility index (Phi) is 1.50. The number of fused-ring (bicyclic) bond motifs is 3. The van der Waals surface area contributed by atoms with Gasteiger partial charge in [0.15, 0.2) is 11.5 Å². The lowest BCUT2D eigenvalue weighted by Gasteiger charge is -1.99. The quantitative estimate of drug-likeness (QED) is 0.557. The van der Waals surface area contributed by atoms with Gasteiger partial charge >= 0.3 is 0 Å². The fourth-order valence-corrected chi connectivity index (χ4v) is 1.62.